The van der Waals surface area contributed by atoms with E-state index in [9.17, 15) is 9.59 Å². The molecule has 0 aliphatic rings. The molecule has 0 atom stereocenters. The Morgan fingerprint density at radius 1 is 1.19 bits per heavy atom. The smallest absolute Gasteiger partial charge is 0.335 e. The van der Waals surface area contributed by atoms with Crippen molar-refractivity contribution in [3.8, 4) is 5.69 Å². The Morgan fingerprint density at radius 2 is 1.95 bits per heavy atom. The number of carboxylic acid groups (broad SMARTS) is 1. The Kier molecular flexibility index (Phi) is 3.23. The molecule has 1 heterocycles. The number of nitrogens with zero attached hydrogens (tertiary/aromatic N) is 1. The number of H-pyrrole nitrogens is 1. The van der Waals surface area contributed by atoms with Gasteiger partial charge in [-0.2, -0.15) is 0 Å². The maximum Gasteiger partial charge on any atom is 0.335 e. The number of aromatic carboxylic acids is 1. The lowest BCUT2D eigenvalue weighted by Crippen LogP contribution is -2.14. The highest BCUT2D eigenvalue weighted by molar-refractivity contribution is 6.43. The number of aromatic nitrogens is 2. The van der Waals surface area contributed by atoms with Crippen LogP contribution in [0.25, 0.3) is 16.7 Å². The molecule has 106 valence electrons. The van der Waals surface area contributed by atoms with Gasteiger partial charge in [-0.3, -0.25) is 4.57 Å². The zero-order valence-electron chi connectivity index (χ0n) is 10.4. The first-order chi connectivity index (χ1) is 9.99. The van der Waals surface area contributed by atoms with E-state index in [1.165, 1.54) is 16.7 Å². The molecule has 0 spiro atoms. The van der Waals surface area contributed by atoms with Gasteiger partial charge in [-0.05, 0) is 30.3 Å². The van der Waals surface area contributed by atoms with Gasteiger partial charge in [-0.1, -0.05) is 29.3 Å². The predicted octanol–water partition coefficient (Wildman–Crippen LogP) is 3.32. The lowest BCUT2D eigenvalue weighted by molar-refractivity contribution is 0.0697. The largest absolute Gasteiger partial charge is 0.478 e. The molecule has 0 aliphatic heterocycles. The fourth-order valence-electron chi connectivity index (χ4n) is 2.15. The van der Waals surface area contributed by atoms with E-state index in [0.29, 0.717) is 21.7 Å². The van der Waals surface area contributed by atoms with Gasteiger partial charge in [-0.15, -0.1) is 0 Å². The summed E-state index contributed by atoms with van der Waals surface area (Å²) in [5.41, 5.74) is 1.04. The number of carbonyl (C=O) groups is 1. The third-order valence-corrected chi connectivity index (χ3v) is 3.91. The van der Waals surface area contributed by atoms with Crippen LogP contribution in [-0.2, 0) is 0 Å². The summed E-state index contributed by atoms with van der Waals surface area (Å²) in [6.45, 7) is 0. The van der Waals surface area contributed by atoms with Crippen LogP contribution in [-0.4, -0.2) is 20.6 Å². The van der Waals surface area contributed by atoms with Crippen LogP contribution in [0.3, 0.4) is 0 Å². The third-order valence-electron chi connectivity index (χ3n) is 3.10. The van der Waals surface area contributed by atoms with Crippen LogP contribution in [0, 0.1) is 0 Å². The van der Waals surface area contributed by atoms with Crippen molar-refractivity contribution in [3.05, 3.63) is 62.5 Å². The highest BCUT2D eigenvalue weighted by Gasteiger charge is 2.14. The van der Waals surface area contributed by atoms with E-state index >= 15 is 0 Å². The van der Waals surface area contributed by atoms with Crippen LogP contribution in [0.4, 0.5) is 0 Å². The highest BCUT2D eigenvalue weighted by atomic mass is 35.5. The van der Waals surface area contributed by atoms with Crippen LogP contribution >= 0.6 is 23.2 Å². The van der Waals surface area contributed by atoms with E-state index in [2.05, 4.69) is 4.98 Å². The summed E-state index contributed by atoms with van der Waals surface area (Å²) in [6.07, 6.45) is 0. The zero-order chi connectivity index (χ0) is 15.1. The number of fused-ring (bicyclic) bond motifs is 1. The first-order valence-corrected chi connectivity index (χ1v) is 6.67. The summed E-state index contributed by atoms with van der Waals surface area (Å²) in [6, 6.07) is 9.33. The summed E-state index contributed by atoms with van der Waals surface area (Å²) in [5.74, 6) is -1.06. The minimum Gasteiger partial charge on any atom is -0.478 e. The average Bonchev–Trinajstić information content (AvgIpc) is 2.77. The summed E-state index contributed by atoms with van der Waals surface area (Å²) in [7, 11) is 0. The maximum absolute atomic E-state index is 12.1. The van der Waals surface area contributed by atoms with Crippen LogP contribution < -0.4 is 5.69 Å². The van der Waals surface area contributed by atoms with Crippen molar-refractivity contribution in [1.29, 1.82) is 0 Å². The van der Waals surface area contributed by atoms with Gasteiger partial charge in [0, 0.05) is 0 Å². The predicted molar refractivity (Wildman–Crippen MR) is 80.9 cm³/mol. The average molecular weight is 323 g/mol. The van der Waals surface area contributed by atoms with Crippen molar-refractivity contribution in [1.82, 2.24) is 9.55 Å². The number of hydrogen-bond donors (Lipinski definition) is 2. The van der Waals surface area contributed by atoms with Gasteiger partial charge < -0.3 is 10.1 Å². The second-order valence-corrected chi connectivity index (χ2v) is 5.16. The molecule has 21 heavy (non-hydrogen) atoms. The Hall–Kier alpha value is -2.24. The SMILES string of the molecule is O=C(O)c1ccc2c(c1)[nH]c(=O)n2-c1cccc(Cl)c1Cl. The molecule has 3 aromatic rings. The van der Waals surface area contributed by atoms with Gasteiger partial charge >= 0.3 is 11.7 Å². The lowest BCUT2D eigenvalue weighted by Gasteiger charge is -2.07. The van der Waals surface area contributed by atoms with Crippen molar-refractivity contribution < 1.29 is 9.90 Å². The molecule has 0 fully saturated rings. The lowest BCUT2D eigenvalue weighted by atomic mass is 10.2. The van der Waals surface area contributed by atoms with Gasteiger partial charge in [0.25, 0.3) is 0 Å². The Bertz CT molecular complexity index is 928. The molecule has 1 aromatic heterocycles. The number of halogens is 2. The second-order valence-electron chi connectivity index (χ2n) is 4.38. The van der Waals surface area contributed by atoms with E-state index in [-0.39, 0.29) is 10.6 Å². The standard InChI is InChI=1S/C14H8Cl2N2O3/c15-8-2-1-3-11(12(8)16)18-10-5-4-7(13(19)20)6-9(10)17-14(18)21/h1-6H,(H,17,21)(H,19,20). The molecule has 0 amide bonds. The molecule has 0 saturated carbocycles. The van der Waals surface area contributed by atoms with E-state index in [1.807, 2.05) is 0 Å². The van der Waals surface area contributed by atoms with Crippen molar-refractivity contribution in [2.75, 3.05) is 0 Å². The van der Waals surface area contributed by atoms with Gasteiger partial charge in [-0.25, -0.2) is 9.59 Å². The van der Waals surface area contributed by atoms with Crippen molar-refractivity contribution in [3.63, 3.8) is 0 Å². The summed E-state index contributed by atoms with van der Waals surface area (Å²) < 4.78 is 1.36. The van der Waals surface area contributed by atoms with Crippen molar-refractivity contribution >= 4 is 40.2 Å². The van der Waals surface area contributed by atoms with Gasteiger partial charge in [0.05, 0.1) is 32.3 Å². The second kappa shape index (κ2) is 4.95. The molecule has 5 nitrogen and oxygen atoms in total. The van der Waals surface area contributed by atoms with E-state index in [4.69, 9.17) is 28.3 Å². The Morgan fingerprint density at radius 3 is 2.67 bits per heavy atom. The molecule has 0 aliphatic carbocycles. The summed E-state index contributed by atoms with van der Waals surface area (Å²) in [4.78, 5) is 25.7. The quantitative estimate of drug-likeness (QED) is 0.759. The maximum atomic E-state index is 12.1. The number of benzene rings is 2. The third kappa shape index (κ3) is 2.20. The molecule has 0 bridgehead atoms. The van der Waals surface area contributed by atoms with E-state index in [0.717, 1.165) is 0 Å². The number of carboxylic acids is 1. The normalized spacial score (nSPS) is 11.0. The van der Waals surface area contributed by atoms with Crippen molar-refractivity contribution in [2.24, 2.45) is 0 Å². The molecule has 0 saturated heterocycles. The number of aromatic amines is 1. The molecule has 3 rings (SSSR count). The van der Waals surface area contributed by atoms with Gasteiger partial charge in [0.1, 0.15) is 0 Å². The van der Waals surface area contributed by atoms with Crippen LogP contribution in [0.5, 0.6) is 0 Å². The number of nitrogens with one attached hydrogen (secondary N) is 1. The Labute approximate surface area is 128 Å². The first-order valence-electron chi connectivity index (χ1n) is 5.91. The van der Waals surface area contributed by atoms with Crippen LogP contribution in [0.15, 0.2) is 41.2 Å². The Balaban J connectivity index is 2.33. The summed E-state index contributed by atoms with van der Waals surface area (Å²) in [5, 5.41) is 9.57. The fraction of sp³-hybridized carbons (Fsp3) is 0. The minimum absolute atomic E-state index is 0.0908. The molecule has 0 unspecified atom stereocenters. The number of imidazole rings is 1. The van der Waals surface area contributed by atoms with E-state index in [1.54, 1.807) is 24.3 Å². The van der Waals surface area contributed by atoms with E-state index < -0.39 is 11.7 Å². The molecule has 2 aromatic carbocycles. The molecule has 7 heteroatoms. The monoisotopic (exact) mass is 322 g/mol. The van der Waals surface area contributed by atoms with Gasteiger partial charge in [0.15, 0.2) is 0 Å². The number of hydrogen-bond acceptors (Lipinski definition) is 2. The molecular formula is C14H8Cl2N2O3. The highest BCUT2D eigenvalue weighted by Crippen LogP contribution is 2.29. The summed E-state index contributed by atoms with van der Waals surface area (Å²) >= 11 is 12.1. The van der Waals surface area contributed by atoms with Crippen molar-refractivity contribution in [2.45, 2.75) is 0 Å². The zero-order valence-corrected chi connectivity index (χ0v) is 11.9. The number of rotatable bonds is 2. The first kappa shape index (κ1) is 13.7. The van der Waals surface area contributed by atoms with Gasteiger partial charge in [0.2, 0.25) is 0 Å². The molecular weight excluding hydrogens is 315 g/mol. The molecule has 0 radical (unpaired) electrons. The van der Waals surface area contributed by atoms with Crippen LogP contribution in [0.2, 0.25) is 10.0 Å². The fourth-order valence-corrected chi connectivity index (χ4v) is 2.53. The molecule has 2 N–H and O–H groups in total. The van der Waals surface area contributed by atoms with Crippen LogP contribution in [0.1, 0.15) is 10.4 Å². The minimum atomic E-state index is -1.06. The topological polar surface area (TPSA) is 75.1 Å².